The Kier molecular flexibility index (Phi) is 3.11. The molecule has 1 saturated carbocycles. The van der Waals surface area contributed by atoms with Crippen molar-refractivity contribution in [2.24, 2.45) is 11.8 Å². The van der Waals surface area contributed by atoms with Crippen LogP contribution in [0.5, 0.6) is 0 Å². The Labute approximate surface area is 101 Å². The largest absolute Gasteiger partial charge is 0.469 e. The van der Waals surface area contributed by atoms with Crippen LogP contribution in [-0.4, -0.2) is 24.0 Å². The molecule has 1 aliphatic carbocycles. The zero-order valence-electron chi connectivity index (χ0n) is 8.40. The molecular formula is C9H9ClN2O3S. The van der Waals surface area contributed by atoms with Crippen molar-refractivity contribution in [2.45, 2.75) is 6.42 Å². The Morgan fingerprint density at radius 1 is 1.62 bits per heavy atom. The molecule has 2 rings (SSSR count). The molecule has 1 fully saturated rings. The number of nitrogens with zero attached hydrogens (tertiary/aromatic N) is 1. The minimum absolute atomic E-state index is 0.207. The van der Waals surface area contributed by atoms with Gasteiger partial charge in [-0.05, 0) is 6.42 Å². The van der Waals surface area contributed by atoms with Gasteiger partial charge in [-0.2, -0.15) is 0 Å². The van der Waals surface area contributed by atoms with Gasteiger partial charge in [0, 0.05) is 0 Å². The summed E-state index contributed by atoms with van der Waals surface area (Å²) in [5, 5.41) is 3.06. The van der Waals surface area contributed by atoms with Gasteiger partial charge in [0.15, 0.2) is 5.13 Å². The number of ether oxygens (including phenoxy) is 1. The van der Waals surface area contributed by atoms with Crippen LogP contribution in [0.4, 0.5) is 5.13 Å². The van der Waals surface area contributed by atoms with Crippen LogP contribution >= 0.6 is 22.9 Å². The molecule has 7 heteroatoms. The average Bonchev–Trinajstić information content (AvgIpc) is 2.97. The van der Waals surface area contributed by atoms with Gasteiger partial charge in [-0.1, -0.05) is 22.9 Å². The SMILES string of the molecule is COC(=O)C1CC1C(=O)Nc1ncc(Cl)s1. The van der Waals surface area contributed by atoms with E-state index < -0.39 is 0 Å². The molecule has 1 aromatic heterocycles. The van der Waals surface area contributed by atoms with Gasteiger partial charge < -0.3 is 10.1 Å². The molecule has 1 aromatic rings. The molecule has 1 amide bonds. The summed E-state index contributed by atoms with van der Waals surface area (Å²) in [5.41, 5.74) is 0. The van der Waals surface area contributed by atoms with Crippen LogP contribution in [0, 0.1) is 11.8 Å². The van der Waals surface area contributed by atoms with Gasteiger partial charge in [0.2, 0.25) is 5.91 Å². The van der Waals surface area contributed by atoms with E-state index in [4.69, 9.17) is 11.6 Å². The third kappa shape index (κ3) is 2.33. The molecule has 0 saturated heterocycles. The maximum atomic E-state index is 11.6. The third-order valence-corrected chi connectivity index (χ3v) is 3.37. The molecule has 0 bridgehead atoms. The number of nitrogens with one attached hydrogen (secondary N) is 1. The fourth-order valence-corrected chi connectivity index (χ4v) is 2.22. The zero-order valence-corrected chi connectivity index (χ0v) is 9.97. The first-order valence-electron chi connectivity index (χ1n) is 4.62. The standard InChI is InChI=1S/C9H9ClN2O3S/c1-15-8(14)5-2-4(5)7(13)12-9-11-3-6(10)16-9/h3-5H,2H2,1H3,(H,11,12,13). The van der Waals surface area contributed by atoms with Gasteiger partial charge in [-0.3, -0.25) is 9.59 Å². The first-order chi connectivity index (χ1) is 7.61. The Morgan fingerprint density at radius 2 is 2.38 bits per heavy atom. The maximum Gasteiger partial charge on any atom is 0.309 e. The van der Waals surface area contributed by atoms with Crippen molar-refractivity contribution >= 4 is 39.9 Å². The lowest BCUT2D eigenvalue weighted by atomic mass is 10.3. The van der Waals surface area contributed by atoms with Crippen LogP contribution in [0.15, 0.2) is 6.20 Å². The van der Waals surface area contributed by atoms with Gasteiger partial charge in [-0.25, -0.2) is 4.98 Å². The van der Waals surface area contributed by atoms with E-state index >= 15 is 0 Å². The molecule has 16 heavy (non-hydrogen) atoms. The number of halogens is 1. The van der Waals surface area contributed by atoms with Crippen LogP contribution in [-0.2, 0) is 14.3 Å². The van der Waals surface area contributed by atoms with E-state index in [0.29, 0.717) is 15.9 Å². The van der Waals surface area contributed by atoms with Crippen LogP contribution < -0.4 is 5.32 Å². The van der Waals surface area contributed by atoms with Gasteiger partial charge in [-0.15, -0.1) is 0 Å². The number of amides is 1. The first kappa shape index (κ1) is 11.3. The predicted molar refractivity (Wildman–Crippen MR) is 59.4 cm³/mol. The Balaban J connectivity index is 1.89. The lowest BCUT2D eigenvalue weighted by Gasteiger charge is -1.99. The smallest absolute Gasteiger partial charge is 0.309 e. The highest BCUT2D eigenvalue weighted by Crippen LogP contribution is 2.40. The number of esters is 1. The van der Waals surface area contributed by atoms with Crippen LogP contribution in [0.3, 0.4) is 0 Å². The number of aromatic nitrogens is 1. The molecule has 0 radical (unpaired) electrons. The topological polar surface area (TPSA) is 68.3 Å². The molecule has 1 heterocycles. The summed E-state index contributed by atoms with van der Waals surface area (Å²) in [6.07, 6.45) is 2.00. The number of hydrogen-bond acceptors (Lipinski definition) is 5. The molecule has 1 aliphatic rings. The quantitative estimate of drug-likeness (QED) is 0.837. The summed E-state index contributed by atoms with van der Waals surface area (Å²) in [5.74, 6) is -1.14. The fraction of sp³-hybridized carbons (Fsp3) is 0.444. The number of methoxy groups -OCH3 is 1. The van der Waals surface area contributed by atoms with E-state index in [-0.39, 0.29) is 23.7 Å². The average molecular weight is 261 g/mol. The number of anilines is 1. The second-order valence-electron chi connectivity index (χ2n) is 3.43. The summed E-state index contributed by atoms with van der Waals surface area (Å²) < 4.78 is 5.07. The van der Waals surface area contributed by atoms with Crippen molar-refractivity contribution in [3.8, 4) is 0 Å². The van der Waals surface area contributed by atoms with E-state index in [1.54, 1.807) is 0 Å². The van der Waals surface area contributed by atoms with Crippen molar-refractivity contribution < 1.29 is 14.3 Å². The van der Waals surface area contributed by atoms with Crippen molar-refractivity contribution in [2.75, 3.05) is 12.4 Å². The predicted octanol–water partition coefficient (Wildman–Crippen LogP) is 1.54. The molecule has 0 aromatic carbocycles. The van der Waals surface area contributed by atoms with Crippen molar-refractivity contribution in [3.63, 3.8) is 0 Å². The number of rotatable bonds is 3. The summed E-state index contributed by atoms with van der Waals surface area (Å²) in [7, 11) is 1.32. The normalized spacial score (nSPS) is 22.6. The van der Waals surface area contributed by atoms with E-state index in [1.165, 1.54) is 24.6 Å². The maximum absolute atomic E-state index is 11.6. The Hall–Kier alpha value is -1.14. The summed E-state index contributed by atoms with van der Waals surface area (Å²) >= 11 is 6.85. The minimum Gasteiger partial charge on any atom is -0.469 e. The number of hydrogen-bond donors (Lipinski definition) is 1. The molecule has 1 N–H and O–H groups in total. The van der Waals surface area contributed by atoms with E-state index in [2.05, 4.69) is 15.0 Å². The minimum atomic E-state index is -0.336. The monoisotopic (exact) mass is 260 g/mol. The molecule has 0 spiro atoms. The van der Waals surface area contributed by atoms with E-state index in [1.807, 2.05) is 0 Å². The van der Waals surface area contributed by atoms with E-state index in [9.17, 15) is 9.59 Å². The number of carbonyl (C=O) groups excluding carboxylic acids is 2. The van der Waals surface area contributed by atoms with E-state index in [0.717, 1.165) is 0 Å². The molecule has 5 nitrogen and oxygen atoms in total. The van der Waals surface area contributed by atoms with Crippen molar-refractivity contribution in [1.29, 1.82) is 0 Å². The van der Waals surface area contributed by atoms with Gasteiger partial charge in [0.25, 0.3) is 0 Å². The van der Waals surface area contributed by atoms with Crippen molar-refractivity contribution in [1.82, 2.24) is 4.98 Å². The Morgan fingerprint density at radius 3 is 2.94 bits per heavy atom. The second-order valence-corrected chi connectivity index (χ2v) is 5.09. The summed E-state index contributed by atoms with van der Waals surface area (Å²) in [6.45, 7) is 0. The first-order valence-corrected chi connectivity index (χ1v) is 5.81. The van der Waals surface area contributed by atoms with Gasteiger partial charge >= 0.3 is 5.97 Å². The highest BCUT2D eigenvalue weighted by molar-refractivity contribution is 7.19. The molecule has 2 atom stereocenters. The molecule has 86 valence electrons. The lowest BCUT2D eigenvalue weighted by Crippen LogP contribution is -2.17. The molecule has 2 unspecified atom stereocenters. The zero-order chi connectivity index (χ0) is 11.7. The summed E-state index contributed by atoms with van der Waals surface area (Å²) in [6, 6.07) is 0. The van der Waals surface area contributed by atoms with Crippen LogP contribution in [0.1, 0.15) is 6.42 Å². The lowest BCUT2D eigenvalue weighted by molar-refractivity contribution is -0.143. The third-order valence-electron chi connectivity index (χ3n) is 2.34. The van der Waals surface area contributed by atoms with Gasteiger partial charge in [0.05, 0.1) is 25.1 Å². The second kappa shape index (κ2) is 4.39. The molecule has 0 aliphatic heterocycles. The highest BCUT2D eigenvalue weighted by atomic mass is 35.5. The summed E-state index contributed by atoms with van der Waals surface area (Å²) in [4.78, 5) is 26.6. The fourth-order valence-electron chi connectivity index (χ4n) is 1.41. The molecular weight excluding hydrogens is 252 g/mol. The Bertz CT molecular complexity index is 434. The van der Waals surface area contributed by atoms with Crippen LogP contribution in [0.2, 0.25) is 4.34 Å². The van der Waals surface area contributed by atoms with Gasteiger partial charge in [0.1, 0.15) is 4.34 Å². The number of carbonyl (C=O) groups is 2. The number of thiazole rings is 1. The van der Waals surface area contributed by atoms with Crippen molar-refractivity contribution in [3.05, 3.63) is 10.5 Å². The van der Waals surface area contributed by atoms with Crippen LogP contribution in [0.25, 0.3) is 0 Å². The highest BCUT2D eigenvalue weighted by Gasteiger charge is 2.49.